The summed E-state index contributed by atoms with van der Waals surface area (Å²) in [7, 11) is -2.31. The van der Waals surface area contributed by atoms with Crippen LogP contribution in [0.2, 0.25) is 0 Å². The van der Waals surface area contributed by atoms with Crippen molar-refractivity contribution in [2.24, 2.45) is 7.05 Å². The number of nitrogens with zero attached hydrogens (tertiary/aromatic N) is 4. The SMILES string of the molecule is Cc1nn(C)c(C)c1S(=O)(=O)NNC(=O)c1cncn1-c1ccccc1. The van der Waals surface area contributed by atoms with Gasteiger partial charge < -0.3 is 0 Å². The predicted octanol–water partition coefficient (Wildman–Crippen LogP) is 0.846. The number of aryl methyl sites for hydroxylation is 2. The predicted molar refractivity (Wildman–Crippen MR) is 94.0 cm³/mol. The molecule has 0 saturated heterocycles. The van der Waals surface area contributed by atoms with Crippen LogP contribution in [0.5, 0.6) is 0 Å². The van der Waals surface area contributed by atoms with Crippen LogP contribution < -0.4 is 10.3 Å². The van der Waals surface area contributed by atoms with Crippen LogP contribution in [0.4, 0.5) is 0 Å². The molecule has 0 aliphatic heterocycles. The number of para-hydroxylation sites is 1. The van der Waals surface area contributed by atoms with Crippen molar-refractivity contribution in [3.63, 3.8) is 0 Å². The second-order valence-electron chi connectivity index (χ2n) is 5.67. The number of amides is 1. The van der Waals surface area contributed by atoms with E-state index in [1.807, 2.05) is 30.3 Å². The molecule has 1 amide bonds. The number of sulfonamides is 1. The van der Waals surface area contributed by atoms with Crippen molar-refractivity contribution < 1.29 is 13.2 Å². The second-order valence-corrected chi connectivity index (χ2v) is 7.29. The van der Waals surface area contributed by atoms with E-state index in [4.69, 9.17) is 0 Å². The van der Waals surface area contributed by atoms with E-state index < -0.39 is 15.9 Å². The van der Waals surface area contributed by atoms with Crippen molar-refractivity contribution in [1.82, 2.24) is 29.6 Å². The van der Waals surface area contributed by atoms with Crippen LogP contribution in [0.25, 0.3) is 5.69 Å². The van der Waals surface area contributed by atoms with E-state index in [1.165, 1.54) is 17.2 Å². The summed E-state index contributed by atoms with van der Waals surface area (Å²) in [5, 5.41) is 4.08. The van der Waals surface area contributed by atoms with Gasteiger partial charge in [-0.2, -0.15) is 5.10 Å². The van der Waals surface area contributed by atoms with Crippen LogP contribution in [0.3, 0.4) is 0 Å². The van der Waals surface area contributed by atoms with Crippen molar-refractivity contribution in [2.45, 2.75) is 18.7 Å². The summed E-state index contributed by atoms with van der Waals surface area (Å²) >= 11 is 0. The molecule has 0 saturated carbocycles. The highest BCUT2D eigenvalue weighted by Crippen LogP contribution is 2.17. The van der Waals surface area contributed by atoms with Gasteiger partial charge in [-0.25, -0.2) is 13.4 Å². The summed E-state index contributed by atoms with van der Waals surface area (Å²) in [5.41, 5.74) is 3.97. The molecular weight excluding hydrogens is 356 g/mol. The third-order valence-electron chi connectivity index (χ3n) is 3.92. The minimum Gasteiger partial charge on any atom is -0.295 e. The van der Waals surface area contributed by atoms with Gasteiger partial charge in [-0.05, 0) is 26.0 Å². The monoisotopic (exact) mass is 374 g/mol. The minimum atomic E-state index is -3.96. The number of nitrogens with one attached hydrogen (secondary N) is 2. The van der Waals surface area contributed by atoms with E-state index in [0.29, 0.717) is 11.4 Å². The number of rotatable bonds is 5. The Balaban J connectivity index is 1.81. The number of hydrazine groups is 1. The van der Waals surface area contributed by atoms with Gasteiger partial charge in [-0.1, -0.05) is 18.2 Å². The Morgan fingerprint density at radius 3 is 2.46 bits per heavy atom. The van der Waals surface area contributed by atoms with E-state index in [9.17, 15) is 13.2 Å². The second kappa shape index (κ2) is 6.73. The average Bonchev–Trinajstić information content (AvgIpc) is 3.19. The highest BCUT2D eigenvalue weighted by Gasteiger charge is 2.25. The molecule has 3 rings (SSSR count). The average molecular weight is 374 g/mol. The fourth-order valence-corrected chi connectivity index (χ4v) is 3.91. The fraction of sp³-hybridized carbons (Fsp3) is 0.188. The molecule has 9 nitrogen and oxygen atoms in total. The van der Waals surface area contributed by atoms with Crippen molar-refractivity contribution in [1.29, 1.82) is 0 Å². The molecule has 10 heteroatoms. The van der Waals surface area contributed by atoms with Crippen LogP contribution in [0, 0.1) is 13.8 Å². The molecule has 0 spiro atoms. The van der Waals surface area contributed by atoms with Gasteiger partial charge >= 0.3 is 0 Å². The number of aromatic nitrogens is 4. The van der Waals surface area contributed by atoms with Gasteiger partial charge in [0.1, 0.15) is 10.6 Å². The van der Waals surface area contributed by atoms with Gasteiger partial charge in [0.2, 0.25) is 0 Å². The Kier molecular flexibility index (Phi) is 4.62. The van der Waals surface area contributed by atoms with E-state index >= 15 is 0 Å². The number of carbonyl (C=O) groups excluding carboxylic acids is 1. The Bertz CT molecular complexity index is 1050. The van der Waals surface area contributed by atoms with Crippen molar-refractivity contribution in [2.75, 3.05) is 0 Å². The quantitative estimate of drug-likeness (QED) is 0.643. The Labute approximate surface area is 150 Å². The molecule has 0 fully saturated rings. The molecule has 3 aromatic rings. The molecule has 0 atom stereocenters. The molecule has 0 radical (unpaired) electrons. The summed E-state index contributed by atoms with van der Waals surface area (Å²) in [4.78, 5) is 18.6. The van der Waals surface area contributed by atoms with Crippen molar-refractivity contribution in [3.05, 3.63) is 59.9 Å². The van der Waals surface area contributed by atoms with Crippen LogP contribution >= 0.6 is 0 Å². The van der Waals surface area contributed by atoms with E-state index in [0.717, 1.165) is 5.69 Å². The minimum absolute atomic E-state index is 0.0388. The highest BCUT2D eigenvalue weighted by molar-refractivity contribution is 7.89. The standard InChI is InChI=1S/C16H18N6O3S/c1-11-15(12(2)21(3)19-11)26(24,25)20-18-16(23)14-9-17-10-22(14)13-7-5-4-6-8-13/h4-10,20H,1-3H3,(H,18,23). The highest BCUT2D eigenvalue weighted by atomic mass is 32.2. The molecule has 26 heavy (non-hydrogen) atoms. The topological polar surface area (TPSA) is 111 Å². The smallest absolute Gasteiger partial charge is 0.284 e. The van der Waals surface area contributed by atoms with Crippen molar-refractivity contribution >= 4 is 15.9 Å². The van der Waals surface area contributed by atoms with Gasteiger partial charge in [0, 0.05) is 12.7 Å². The van der Waals surface area contributed by atoms with Gasteiger partial charge in [-0.3, -0.25) is 19.5 Å². The molecule has 0 unspecified atom stereocenters. The maximum atomic E-state index is 12.5. The molecule has 2 heterocycles. The number of imidazole rings is 1. The van der Waals surface area contributed by atoms with Crippen LogP contribution in [-0.4, -0.2) is 33.7 Å². The number of hydrogen-bond acceptors (Lipinski definition) is 5. The van der Waals surface area contributed by atoms with E-state index in [-0.39, 0.29) is 10.6 Å². The van der Waals surface area contributed by atoms with Gasteiger partial charge in [0.25, 0.3) is 15.9 Å². The molecule has 1 aromatic carbocycles. The first-order valence-electron chi connectivity index (χ1n) is 7.71. The molecule has 136 valence electrons. The maximum Gasteiger partial charge on any atom is 0.284 e. The lowest BCUT2D eigenvalue weighted by Crippen LogP contribution is -2.42. The summed E-state index contributed by atoms with van der Waals surface area (Å²) in [6.45, 7) is 3.23. The summed E-state index contributed by atoms with van der Waals surface area (Å²) in [6.07, 6.45) is 2.84. The molecule has 0 bridgehead atoms. The third-order valence-corrected chi connectivity index (χ3v) is 5.41. The molecule has 0 aliphatic carbocycles. The third kappa shape index (κ3) is 3.24. The van der Waals surface area contributed by atoms with Crippen molar-refractivity contribution in [3.8, 4) is 5.69 Å². The first kappa shape index (κ1) is 17.8. The van der Waals surface area contributed by atoms with Gasteiger partial charge in [0.15, 0.2) is 0 Å². The number of hydrogen-bond donors (Lipinski definition) is 2. The number of benzene rings is 1. The van der Waals surface area contributed by atoms with Crippen LogP contribution in [0.15, 0.2) is 47.8 Å². The summed E-state index contributed by atoms with van der Waals surface area (Å²) < 4.78 is 28.1. The lowest BCUT2D eigenvalue weighted by Gasteiger charge is -2.10. The number of carbonyl (C=O) groups is 1. The Morgan fingerprint density at radius 2 is 1.85 bits per heavy atom. The first-order valence-corrected chi connectivity index (χ1v) is 9.19. The van der Waals surface area contributed by atoms with Gasteiger partial charge in [-0.15, -0.1) is 4.83 Å². The first-order chi connectivity index (χ1) is 12.3. The molecule has 0 aliphatic rings. The molecule has 2 N–H and O–H groups in total. The zero-order chi connectivity index (χ0) is 18.9. The van der Waals surface area contributed by atoms with Crippen LogP contribution in [-0.2, 0) is 17.1 Å². The Morgan fingerprint density at radius 1 is 1.15 bits per heavy atom. The summed E-state index contributed by atoms with van der Waals surface area (Å²) in [6, 6.07) is 9.13. The fourth-order valence-electron chi connectivity index (χ4n) is 2.63. The lowest BCUT2D eigenvalue weighted by molar-refractivity contribution is 0.0938. The Hall–Kier alpha value is -2.98. The van der Waals surface area contributed by atoms with Crippen LogP contribution in [0.1, 0.15) is 21.9 Å². The maximum absolute atomic E-state index is 12.5. The normalized spacial score (nSPS) is 11.5. The zero-order valence-electron chi connectivity index (χ0n) is 14.5. The molecular formula is C16H18N6O3S. The molecule has 2 aromatic heterocycles. The largest absolute Gasteiger partial charge is 0.295 e. The summed E-state index contributed by atoms with van der Waals surface area (Å²) in [5.74, 6) is -0.630. The van der Waals surface area contributed by atoms with E-state index in [1.54, 1.807) is 25.5 Å². The lowest BCUT2D eigenvalue weighted by atomic mass is 10.3. The van der Waals surface area contributed by atoms with E-state index in [2.05, 4.69) is 20.3 Å². The zero-order valence-corrected chi connectivity index (χ0v) is 15.3. The van der Waals surface area contributed by atoms with Gasteiger partial charge in [0.05, 0.1) is 23.9 Å².